The molecule has 0 saturated heterocycles. The molecule has 0 saturated carbocycles. The summed E-state index contributed by atoms with van der Waals surface area (Å²) in [5.41, 5.74) is 1.78. The Bertz CT molecular complexity index is 509. The molecule has 2 rings (SSSR count). The smallest absolute Gasteiger partial charge is 0.155 e. The van der Waals surface area contributed by atoms with Gasteiger partial charge in [0, 0.05) is 17.8 Å². The summed E-state index contributed by atoms with van der Waals surface area (Å²) in [7, 11) is 0. The minimum Gasteiger partial charge on any atom is -0.304 e. The first-order chi connectivity index (χ1) is 6.88. The molecule has 0 bridgehead atoms. The second kappa shape index (κ2) is 3.39. The van der Waals surface area contributed by atoms with Gasteiger partial charge in [0.05, 0.1) is 15.7 Å². The first kappa shape index (κ1) is 10.8. The van der Waals surface area contributed by atoms with Crippen molar-refractivity contribution in [2.24, 2.45) is 0 Å². The van der Waals surface area contributed by atoms with Crippen molar-refractivity contribution in [3.63, 3.8) is 0 Å². The highest BCUT2D eigenvalue weighted by molar-refractivity contribution is 6.36. The summed E-state index contributed by atoms with van der Waals surface area (Å²) >= 11 is 12.0. The number of hydrogen-bond acceptors (Lipinski definition) is 1. The maximum atomic E-state index is 6.06. The van der Waals surface area contributed by atoms with Crippen LogP contribution < -0.4 is 0 Å². The predicted molar refractivity (Wildman–Crippen MR) is 63.9 cm³/mol. The van der Waals surface area contributed by atoms with Gasteiger partial charge in [-0.05, 0) is 6.07 Å². The highest BCUT2D eigenvalue weighted by Crippen LogP contribution is 2.26. The minimum atomic E-state index is 0.0157. The molecule has 0 aromatic carbocycles. The van der Waals surface area contributed by atoms with E-state index in [-0.39, 0.29) is 5.41 Å². The molecule has 2 aromatic heterocycles. The van der Waals surface area contributed by atoms with Gasteiger partial charge in [0.15, 0.2) is 5.65 Å². The van der Waals surface area contributed by atoms with Crippen molar-refractivity contribution in [3.05, 3.63) is 34.2 Å². The van der Waals surface area contributed by atoms with E-state index in [2.05, 4.69) is 25.8 Å². The maximum Gasteiger partial charge on any atom is 0.155 e. The lowest BCUT2D eigenvalue weighted by molar-refractivity contribution is 0.573. The summed E-state index contributed by atoms with van der Waals surface area (Å²) in [4.78, 5) is 4.50. The van der Waals surface area contributed by atoms with E-state index >= 15 is 0 Å². The van der Waals surface area contributed by atoms with Crippen LogP contribution in [0.1, 0.15) is 26.5 Å². The Morgan fingerprint density at radius 3 is 2.47 bits per heavy atom. The number of aromatic nitrogens is 2. The van der Waals surface area contributed by atoms with Gasteiger partial charge in [0.25, 0.3) is 0 Å². The van der Waals surface area contributed by atoms with Crippen LogP contribution in [0.2, 0.25) is 10.0 Å². The van der Waals surface area contributed by atoms with E-state index in [0.717, 1.165) is 11.3 Å². The number of hydrogen-bond donors (Lipinski definition) is 0. The van der Waals surface area contributed by atoms with E-state index in [1.807, 2.05) is 16.8 Å². The van der Waals surface area contributed by atoms with Gasteiger partial charge in [-0.15, -0.1) is 0 Å². The van der Waals surface area contributed by atoms with Gasteiger partial charge >= 0.3 is 0 Å². The monoisotopic (exact) mass is 242 g/mol. The van der Waals surface area contributed by atoms with Gasteiger partial charge in [-0.1, -0.05) is 44.0 Å². The lowest BCUT2D eigenvalue weighted by Crippen LogP contribution is -2.11. The molecule has 2 nitrogen and oxygen atoms in total. The zero-order valence-corrected chi connectivity index (χ0v) is 10.4. The van der Waals surface area contributed by atoms with Crippen LogP contribution in [0.3, 0.4) is 0 Å². The zero-order valence-electron chi connectivity index (χ0n) is 8.88. The standard InChI is InChI=1S/C11H12Cl2N2/c1-11(2,3)9-6-15-5-7(12)4-8(13)10(15)14-9/h4-6H,1-3H3. The van der Waals surface area contributed by atoms with Gasteiger partial charge in [-0.3, -0.25) is 0 Å². The summed E-state index contributed by atoms with van der Waals surface area (Å²) < 4.78 is 1.87. The van der Waals surface area contributed by atoms with E-state index in [1.165, 1.54) is 0 Å². The molecule has 0 unspecified atom stereocenters. The summed E-state index contributed by atoms with van der Waals surface area (Å²) in [6, 6.07) is 1.71. The van der Waals surface area contributed by atoms with Crippen LogP contribution in [0.5, 0.6) is 0 Å². The fraction of sp³-hybridized carbons (Fsp3) is 0.364. The molecule has 15 heavy (non-hydrogen) atoms. The molecule has 0 radical (unpaired) electrons. The van der Waals surface area contributed by atoms with Gasteiger partial charge in [-0.2, -0.15) is 0 Å². The van der Waals surface area contributed by atoms with Crippen molar-refractivity contribution >= 4 is 28.8 Å². The maximum absolute atomic E-state index is 6.06. The zero-order chi connectivity index (χ0) is 11.2. The highest BCUT2D eigenvalue weighted by atomic mass is 35.5. The molecule has 0 aliphatic rings. The topological polar surface area (TPSA) is 17.3 Å². The number of rotatable bonds is 0. The fourth-order valence-electron chi connectivity index (χ4n) is 1.39. The number of nitrogens with zero attached hydrogens (tertiary/aromatic N) is 2. The van der Waals surface area contributed by atoms with Crippen LogP contribution in [0.15, 0.2) is 18.5 Å². The Morgan fingerprint density at radius 1 is 1.20 bits per heavy atom. The molecule has 0 aliphatic heterocycles. The first-order valence-corrected chi connectivity index (χ1v) is 5.48. The third kappa shape index (κ3) is 1.97. The predicted octanol–water partition coefficient (Wildman–Crippen LogP) is 3.94. The van der Waals surface area contributed by atoms with Gasteiger partial charge in [-0.25, -0.2) is 4.98 Å². The third-order valence-corrected chi connectivity index (χ3v) is 2.73. The SMILES string of the molecule is CC(C)(C)c1cn2cc(Cl)cc(Cl)c2n1. The van der Waals surface area contributed by atoms with Crippen molar-refractivity contribution in [3.8, 4) is 0 Å². The van der Waals surface area contributed by atoms with Gasteiger partial charge in [0.1, 0.15) is 0 Å². The Balaban J connectivity index is 2.71. The molecule has 0 aliphatic carbocycles. The molecule has 4 heteroatoms. The molecule has 2 heterocycles. The Morgan fingerprint density at radius 2 is 1.87 bits per heavy atom. The fourth-order valence-corrected chi connectivity index (χ4v) is 1.91. The van der Waals surface area contributed by atoms with Crippen LogP contribution in [0.25, 0.3) is 5.65 Å². The molecule has 0 atom stereocenters. The Kier molecular flexibility index (Phi) is 2.44. The molecule has 0 spiro atoms. The molecule has 0 N–H and O–H groups in total. The average molecular weight is 243 g/mol. The van der Waals surface area contributed by atoms with Crippen molar-refractivity contribution < 1.29 is 0 Å². The lowest BCUT2D eigenvalue weighted by atomic mass is 9.93. The molecule has 80 valence electrons. The molecular formula is C11H12Cl2N2. The summed E-state index contributed by atoms with van der Waals surface area (Å²) in [6.45, 7) is 6.35. The van der Waals surface area contributed by atoms with E-state index in [0.29, 0.717) is 10.0 Å². The van der Waals surface area contributed by atoms with Crippen molar-refractivity contribution in [1.29, 1.82) is 0 Å². The van der Waals surface area contributed by atoms with Crippen LogP contribution in [-0.4, -0.2) is 9.38 Å². The van der Waals surface area contributed by atoms with E-state index in [9.17, 15) is 0 Å². The van der Waals surface area contributed by atoms with E-state index < -0.39 is 0 Å². The Labute approximate surface area is 98.8 Å². The highest BCUT2D eigenvalue weighted by Gasteiger charge is 2.18. The van der Waals surface area contributed by atoms with Crippen LogP contribution in [0.4, 0.5) is 0 Å². The molecular weight excluding hydrogens is 231 g/mol. The summed E-state index contributed by atoms with van der Waals surface area (Å²) in [5, 5.41) is 1.20. The van der Waals surface area contributed by atoms with Gasteiger partial charge in [0.2, 0.25) is 0 Å². The third-order valence-electron chi connectivity index (χ3n) is 2.24. The largest absolute Gasteiger partial charge is 0.304 e. The number of pyridine rings is 1. The number of imidazole rings is 1. The average Bonchev–Trinajstić information content (AvgIpc) is 2.46. The van der Waals surface area contributed by atoms with E-state index in [4.69, 9.17) is 23.2 Å². The second-order valence-corrected chi connectivity index (χ2v) is 5.46. The summed E-state index contributed by atoms with van der Waals surface area (Å²) in [5.74, 6) is 0. The van der Waals surface area contributed by atoms with Crippen LogP contribution in [0, 0.1) is 0 Å². The quantitative estimate of drug-likeness (QED) is 0.685. The minimum absolute atomic E-state index is 0.0157. The normalized spacial score (nSPS) is 12.3. The number of fused-ring (bicyclic) bond motifs is 1. The van der Waals surface area contributed by atoms with Crippen molar-refractivity contribution in [2.75, 3.05) is 0 Å². The second-order valence-electron chi connectivity index (χ2n) is 4.61. The number of halogens is 2. The molecule has 0 amide bonds. The van der Waals surface area contributed by atoms with Crippen molar-refractivity contribution in [2.45, 2.75) is 26.2 Å². The molecule has 0 fully saturated rings. The lowest BCUT2D eigenvalue weighted by Gasteiger charge is -2.13. The Hall–Kier alpha value is -0.730. The van der Waals surface area contributed by atoms with E-state index in [1.54, 1.807) is 6.07 Å². The summed E-state index contributed by atoms with van der Waals surface area (Å²) in [6.07, 6.45) is 3.78. The van der Waals surface area contributed by atoms with Crippen LogP contribution in [-0.2, 0) is 5.41 Å². The first-order valence-electron chi connectivity index (χ1n) is 4.72. The molecule has 2 aromatic rings. The van der Waals surface area contributed by atoms with Gasteiger partial charge < -0.3 is 4.40 Å². The van der Waals surface area contributed by atoms with Crippen LogP contribution >= 0.6 is 23.2 Å². The van der Waals surface area contributed by atoms with Crippen molar-refractivity contribution in [1.82, 2.24) is 9.38 Å².